The largest absolute Gasteiger partial charge is 0.482 e. The van der Waals surface area contributed by atoms with Crippen molar-refractivity contribution in [3.63, 3.8) is 0 Å². The van der Waals surface area contributed by atoms with Crippen molar-refractivity contribution in [3.8, 4) is 11.4 Å². The SMILES string of the molecule is CC(Oc1cc2cc(F)ccc2nc1N)c1cc(C(=O)N[C@H]2C[C@H](O)C2)ccc1-n1cccn1. The van der Waals surface area contributed by atoms with Crippen molar-refractivity contribution < 1.29 is 19.0 Å². The Labute approximate surface area is 195 Å². The van der Waals surface area contributed by atoms with Gasteiger partial charge < -0.3 is 20.9 Å². The Balaban J connectivity index is 1.47. The molecule has 0 aliphatic heterocycles. The van der Waals surface area contributed by atoms with Crippen LogP contribution in [0.15, 0.2) is 60.9 Å². The number of ether oxygens (including phenoxy) is 1. The van der Waals surface area contributed by atoms with Gasteiger partial charge in [0.15, 0.2) is 11.6 Å². The molecule has 1 amide bonds. The van der Waals surface area contributed by atoms with Crippen LogP contribution in [0.3, 0.4) is 0 Å². The molecule has 174 valence electrons. The summed E-state index contributed by atoms with van der Waals surface area (Å²) in [4.78, 5) is 17.1. The van der Waals surface area contributed by atoms with Gasteiger partial charge in [0, 0.05) is 34.9 Å². The Morgan fingerprint density at radius 2 is 2.09 bits per heavy atom. The van der Waals surface area contributed by atoms with E-state index in [-0.39, 0.29) is 29.7 Å². The summed E-state index contributed by atoms with van der Waals surface area (Å²) in [6.07, 6.45) is 3.68. The number of benzene rings is 2. The Morgan fingerprint density at radius 3 is 2.82 bits per heavy atom. The van der Waals surface area contributed by atoms with E-state index >= 15 is 0 Å². The molecule has 0 saturated heterocycles. The van der Waals surface area contributed by atoms with Crippen LogP contribution in [0.5, 0.6) is 5.75 Å². The maximum atomic E-state index is 13.7. The Kier molecular flexibility index (Phi) is 5.62. The standard InChI is InChI=1S/C25H24FN5O3/c1-14(34-23-11-16-9-17(26)4-5-21(16)30-24(23)27)20-10-15(25(33)29-18-12-19(32)13-18)3-6-22(20)31-8-2-7-28-31/h2-11,14,18-19,32H,12-13H2,1H3,(H2,27,30)(H,29,33)/t14?,18-,19-. The second-order valence-corrected chi connectivity index (χ2v) is 8.49. The minimum atomic E-state index is -0.535. The van der Waals surface area contributed by atoms with Crippen LogP contribution in [0, 0.1) is 5.82 Å². The Bertz CT molecular complexity index is 1350. The molecule has 2 heterocycles. The second kappa shape index (κ2) is 8.75. The number of aliphatic hydroxyl groups excluding tert-OH is 1. The van der Waals surface area contributed by atoms with Crippen molar-refractivity contribution >= 4 is 22.6 Å². The smallest absolute Gasteiger partial charge is 0.251 e. The molecule has 1 aliphatic carbocycles. The first-order valence-corrected chi connectivity index (χ1v) is 11.0. The molecule has 0 radical (unpaired) electrons. The van der Waals surface area contributed by atoms with E-state index in [1.807, 2.05) is 13.0 Å². The van der Waals surface area contributed by atoms with Gasteiger partial charge in [0.2, 0.25) is 0 Å². The van der Waals surface area contributed by atoms with E-state index in [2.05, 4.69) is 15.4 Å². The van der Waals surface area contributed by atoms with E-state index in [4.69, 9.17) is 10.5 Å². The monoisotopic (exact) mass is 461 g/mol. The average Bonchev–Trinajstić information content (AvgIpc) is 3.33. The normalized spacial score (nSPS) is 18.3. The molecule has 0 spiro atoms. The van der Waals surface area contributed by atoms with Crippen LogP contribution in [0.2, 0.25) is 0 Å². The van der Waals surface area contributed by atoms with E-state index in [9.17, 15) is 14.3 Å². The van der Waals surface area contributed by atoms with Gasteiger partial charge in [-0.05, 0) is 68.3 Å². The summed E-state index contributed by atoms with van der Waals surface area (Å²) in [6, 6.07) is 13.0. The van der Waals surface area contributed by atoms with E-state index in [0.717, 1.165) is 5.69 Å². The quantitative estimate of drug-likeness (QED) is 0.405. The van der Waals surface area contributed by atoms with Gasteiger partial charge >= 0.3 is 0 Å². The first-order chi connectivity index (χ1) is 16.4. The molecule has 1 atom stereocenters. The molecule has 1 saturated carbocycles. The van der Waals surface area contributed by atoms with Crippen LogP contribution in [0.4, 0.5) is 10.2 Å². The number of amides is 1. The number of carbonyl (C=O) groups is 1. The molecular weight excluding hydrogens is 437 g/mol. The highest BCUT2D eigenvalue weighted by atomic mass is 19.1. The molecule has 8 nitrogen and oxygen atoms in total. The van der Waals surface area contributed by atoms with Gasteiger partial charge in [-0.3, -0.25) is 4.79 Å². The molecule has 0 bridgehead atoms. The lowest BCUT2D eigenvalue weighted by Crippen LogP contribution is -2.46. The van der Waals surface area contributed by atoms with Gasteiger partial charge in [-0.2, -0.15) is 5.10 Å². The summed E-state index contributed by atoms with van der Waals surface area (Å²) in [5.74, 6) is -0.101. The summed E-state index contributed by atoms with van der Waals surface area (Å²) in [6.45, 7) is 1.83. The molecule has 4 N–H and O–H groups in total. The van der Waals surface area contributed by atoms with Crippen molar-refractivity contribution in [2.24, 2.45) is 0 Å². The van der Waals surface area contributed by atoms with Crippen LogP contribution in [-0.4, -0.2) is 37.9 Å². The number of fused-ring (bicyclic) bond motifs is 1. The fraction of sp³-hybridized carbons (Fsp3) is 0.240. The molecule has 9 heteroatoms. The number of nitrogens with two attached hydrogens (primary N) is 1. The number of aliphatic hydroxyl groups is 1. The topological polar surface area (TPSA) is 115 Å². The molecule has 2 aromatic carbocycles. The molecule has 1 aliphatic rings. The molecule has 5 rings (SSSR count). The molecule has 1 unspecified atom stereocenters. The number of aromatic nitrogens is 3. The first-order valence-electron chi connectivity index (χ1n) is 11.0. The van der Waals surface area contributed by atoms with Crippen LogP contribution in [-0.2, 0) is 0 Å². The van der Waals surface area contributed by atoms with Crippen molar-refractivity contribution in [1.29, 1.82) is 0 Å². The summed E-state index contributed by atoms with van der Waals surface area (Å²) < 4.78 is 21.6. The third-order valence-corrected chi connectivity index (χ3v) is 6.00. The lowest BCUT2D eigenvalue weighted by atomic mass is 9.89. The lowest BCUT2D eigenvalue weighted by Gasteiger charge is -2.32. The predicted molar refractivity (Wildman–Crippen MR) is 125 cm³/mol. The van der Waals surface area contributed by atoms with E-state index in [1.54, 1.807) is 47.4 Å². The van der Waals surface area contributed by atoms with Crippen LogP contribution < -0.4 is 15.8 Å². The first kappa shape index (κ1) is 21.8. The minimum absolute atomic E-state index is 0.0331. The van der Waals surface area contributed by atoms with Gasteiger partial charge in [0.1, 0.15) is 11.9 Å². The van der Waals surface area contributed by atoms with E-state index in [0.29, 0.717) is 40.6 Å². The van der Waals surface area contributed by atoms with Crippen LogP contribution in [0.25, 0.3) is 16.6 Å². The highest BCUT2D eigenvalue weighted by Crippen LogP contribution is 2.32. The van der Waals surface area contributed by atoms with Gasteiger partial charge in [0.25, 0.3) is 5.91 Å². The summed E-state index contributed by atoms with van der Waals surface area (Å²) in [5, 5.41) is 17.3. The lowest BCUT2D eigenvalue weighted by molar-refractivity contribution is 0.0562. The van der Waals surface area contributed by atoms with Crippen LogP contribution >= 0.6 is 0 Å². The third-order valence-electron chi connectivity index (χ3n) is 6.00. The van der Waals surface area contributed by atoms with Gasteiger partial charge in [0.05, 0.1) is 17.3 Å². The number of pyridine rings is 1. The number of carbonyl (C=O) groups excluding carboxylic acids is 1. The molecule has 2 aromatic heterocycles. The van der Waals surface area contributed by atoms with Crippen molar-refractivity contribution in [2.75, 3.05) is 5.73 Å². The van der Waals surface area contributed by atoms with E-state index < -0.39 is 6.10 Å². The highest BCUT2D eigenvalue weighted by Gasteiger charge is 2.29. The van der Waals surface area contributed by atoms with Crippen molar-refractivity contribution in [1.82, 2.24) is 20.1 Å². The second-order valence-electron chi connectivity index (χ2n) is 8.49. The zero-order chi connectivity index (χ0) is 23.8. The number of anilines is 1. The highest BCUT2D eigenvalue weighted by molar-refractivity contribution is 5.95. The molecule has 34 heavy (non-hydrogen) atoms. The third kappa shape index (κ3) is 4.29. The summed E-state index contributed by atoms with van der Waals surface area (Å²) in [5.41, 5.74) is 8.60. The maximum Gasteiger partial charge on any atom is 0.251 e. The van der Waals surface area contributed by atoms with Gasteiger partial charge in [-0.1, -0.05) is 0 Å². The number of nitrogen functional groups attached to an aromatic ring is 1. The van der Waals surface area contributed by atoms with Crippen molar-refractivity contribution in [3.05, 3.63) is 77.9 Å². The fourth-order valence-electron chi connectivity index (χ4n) is 4.11. The number of nitrogens with zero attached hydrogens (tertiary/aromatic N) is 3. The van der Waals surface area contributed by atoms with Crippen molar-refractivity contribution in [2.45, 2.75) is 38.0 Å². The van der Waals surface area contributed by atoms with E-state index in [1.165, 1.54) is 12.1 Å². The Hall–Kier alpha value is -3.98. The van der Waals surface area contributed by atoms with Crippen LogP contribution in [0.1, 0.15) is 41.8 Å². The average molecular weight is 461 g/mol. The Morgan fingerprint density at radius 1 is 1.26 bits per heavy atom. The zero-order valence-corrected chi connectivity index (χ0v) is 18.5. The number of rotatable bonds is 6. The predicted octanol–water partition coefficient (Wildman–Crippen LogP) is 3.53. The maximum absolute atomic E-state index is 13.7. The molecular formula is C25H24FN5O3. The van der Waals surface area contributed by atoms with Gasteiger partial charge in [-0.15, -0.1) is 0 Å². The summed E-state index contributed by atoms with van der Waals surface area (Å²) in [7, 11) is 0. The minimum Gasteiger partial charge on any atom is -0.482 e. The number of nitrogens with one attached hydrogen (secondary N) is 1. The number of halogens is 1. The fourth-order valence-corrected chi connectivity index (χ4v) is 4.11. The summed E-state index contributed by atoms with van der Waals surface area (Å²) >= 11 is 0. The number of hydrogen-bond acceptors (Lipinski definition) is 6. The molecule has 4 aromatic rings. The van der Waals surface area contributed by atoms with Gasteiger partial charge in [-0.25, -0.2) is 14.1 Å². The molecule has 1 fully saturated rings. The zero-order valence-electron chi connectivity index (χ0n) is 18.5. The number of hydrogen-bond donors (Lipinski definition) is 3.